The van der Waals surface area contributed by atoms with Gasteiger partial charge in [-0.25, -0.2) is 0 Å². The second kappa shape index (κ2) is 9.53. The van der Waals surface area contributed by atoms with Crippen molar-refractivity contribution in [3.05, 3.63) is 30.3 Å². The smallest absolute Gasteiger partial charge is 0.241 e. The molecule has 0 aliphatic heterocycles. The van der Waals surface area contributed by atoms with E-state index in [9.17, 15) is 4.79 Å². The van der Waals surface area contributed by atoms with Crippen molar-refractivity contribution in [2.24, 2.45) is 0 Å². The average Bonchev–Trinajstić information content (AvgIpc) is 2.44. The molecular weight excluding hydrogens is 264 g/mol. The zero-order valence-corrected chi connectivity index (χ0v) is 13.5. The summed E-state index contributed by atoms with van der Waals surface area (Å²) in [6.07, 6.45) is 2.85. The van der Waals surface area contributed by atoms with Crippen LogP contribution in [0, 0.1) is 0 Å². The third-order valence-electron chi connectivity index (χ3n) is 3.42. The van der Waals surface area contributed by atoms with Gasteiger partial charge in [-0.3, -0.25) is 9.69 Å². The molecule has 0 spiro atoms. The van der Waals surface area contributed by atoms with Gasteiger partial charge in [-0.05, 0) is 58.8 Å². The van der Waals surface area contributed by atoms with Crippen LogP contribution in [-0.2, 0) is 4.79 Å². The number of carbonyl (C=O) groups is 1. The van der Waals surface area contributed by atoms with Crippen LogP contribution >= 0.6 is 0 Å². The number of anilines is 1. The molecule has 1 aromatic rings. The largest absolute Gasteiger partial charge is 0.396 e. The Kier molecular flexibility index (Phi) is 8.01. The summed E-state index contributed by atoms with van der Waals surface area (Å²) in [6.45, 7) is 5.62. The zero-order chi connectivity index (χ0) is 15.7. The minimum atomic E-state index is 0.126. The molecule has 0 unspecified atom stereocenters. The van der Waals surface area contributed by atoms with Gasteiger partial charge in [0.1, 0.15) is 0 Å². The average molecular weight is 292 g/mol. The Morgan fingerprint density at radius 2 is 1.81 bits per heavy atom. The molecule has 0 aliphatic rings. The van der Waals surface area contributed by atoms with Crippen LogP contribution in [0.25, 0.3) is 0 Å². The van der Waals surface area contributed by atoms with E-state index in [0.717, 1.165) is 31.5 Å². The summed E-state index contributed by atoms with van der Waals surface area (Å²) < 4.78 is 0. The third kappa shape index (κ3) is 6.27. The van der Waals surface area contributed by atoms with Gasteiger partial charge in [0.05, 0.1) is 6.54 Å². The van der Waals surface area contributed by atoms with Gasteiger partial charge >= 0.3 is 0 Å². The number of nitrogens with zero attached hydrogens (tertiary/aromatic N) is 2. The summed E-state index contributed by atoms with van der Waals surface area (Å²) in [7, 11) is 1.97. The van der Waals surface area contributed by atoms with Crippen molar-refractivity contribution in [3.63, 3.8) is 0 Å². The van der Waals surface area contributed by atoms with Gasteiger partial charge in [0.2, 0.25) is 5.91 Å². The molecule has 1 rings (SSSR count). The first-order valence-electron chi connectivity index (χ1n) is 7.72. The fourth-order valence-electron chi connectivity index (χ4n) is 2.38. The maximum Gasteiger partial charge on any atom is 0.241 e. The molecule has 0 saturated heterocycles. The van der Waals surface area contributed by atoms with E-state index in [1.54, 1.807) is 0 Å². The number of carbonyl (C=O) groups excluding carboxylic acids is 1. The number of hydrogen-bond acceptors (Lipinski definition) is 3. The highest BCUT2D eigenvalue weighted by Crippen LogP contribution is 2.16. The number of benzene rings is 1. The molecule has 0 fully saturated rings. The lowest BCUT2D eigenvalue weighted by Gasteiger charge is -2.29. The van der Waals surface area contributed by atoms with Crippen LogP contribution in [0.1, 0.15) is 33.1 Å². The van der Waals surface area contributed by atoms with Crippen LogP contribution in [0.15, 0.2) is 30.3 Å². The topological polar surface area (TPSA) is 43.8 Å². The Bertz CT molecular complexity index is 407. The van der Waals surface area contributed by atoms with E-state index in [1.807, 2.05) is 56.1 Å². The monoisotopic (exact) mass is 292 g/mol. The molecule has 1 N–H and O–H groups in total. The number of rotatable bonds is 9. The van der Waals surface area contributed by atoms with E-state index in [-0.39, 0.29) is 18.6 Å². The van der Waals surface area contributed by atoms with Gasteiger partial charge in [-0.2, -0.15) is 0 Å². The maximum absolute atomic E-state index is 12.5. The molecule has 1 amide bonds. The van der Waals surface area contributed by atoms with E-state index in [4.69, 9.17) is 5.11 Å². The zero-order valence-electron chi connectivity index (χ0n) is 13.5. The standard InChI is InChI=1S/C17H28N2O2/c1-15(2)19(16-10-6-4-7-11-16)17(21)14-18(3)12-8-5-9-13-20/h4,6-7,10-11,15,20H,5,8-9,12-14H2,1-3H3. The highest BCUT2D eigenvalue weighted by atomic mass is 16.2. The molecule has 0 radical (unpaired) electrons. The first-order chi connectivity index (χ1) is 10.1. The quantitative estimate of drug-likeness (QED) is 0.711. The molecule has 0 aliphatic carbocycles. The van der Waals surface area contributed by atoms with E-state index in [1.165, 1.54) is 0 Å². The SMILES string of the molecule is CC(C)N(C(=O)CN(C)CCCCCO)c1ccccc1. The van der Waals surface area contributed by atoms with E-state index in [0.29, 0.717) is 6.54 Å². The Labute approximate surface area is 128 Å². The molecule has 118 valence electrons. The molecule has 0 saturated carbocycles. The molecule has 4 nitrogen and oxygen atoms in total. The molecule has 0 heterocycles. The van der Waals surface area contributed by atoms with Crippen LogP contribution in [0.4, 0.5) is 5.69 Å². The number of amides is 1. The Morgan fingerprint density at radius 3 is 2.38 bits per heavy atom. The lowest BCUT2D eigenvalue weighted by Crippen LogP contribution is -2.43. The third-order valence-corrected chi connectivity index (χ3v) is 3.42. The highest BCUT2D eigenvalue weighted by Gasteiger charge is 2.19. The number of para-hydroxylation sites is 1. The van der Waals surface area contributed by atoms with Crippen molar-refractivity contribution in [1.82, 2.24) is 4.90 Å². The van der Waals surface area contributed by atoms with Crippen LogP contribution in [0.5, 0.6) is 0 Å². The predicted octanol–water partition coefficient (Wildman–Crippen LogP) is 2.52. The van der Waals surface area contributed by atoms with Crippen molar-refractivity contribution in [3.8, 4) is 0 Å². The summed E-state index contributed by atoms with van der Waals surface area (Å²) in [5.41, 5.74) is 0.950. The predicted molar refractivity (Wildman–Crippen MR) is 87.5 cm³/mol. The molecule has 0 bridgehead atoms. The van der Waals surface area contributed by atoms with Crippen molar-refractivity contribution < 1.29 is 9.90 Å². The van der Waals surface area contributed by atoms with Gasteiger partial charge in [0.15, 0.2) is 0 Å². The molecule has 0 atom stereocenters. The van der Waals surface area contributed by atoms with Crippen LogP contribution < -0.4 is 4.90 Å². The van der Waals surface area contributed by atoms with Gasteiger partial charge in [-0.15, -0.1) is 0 Å². The van der Waals surface area contributed by atoms with Crippen molar-refractivity contribution in [2.45, 2.75) is 39.2 Å². The normalized spacial score (nSPS) is 11.1. The molecule has 1 aromatic carbocycles. The van der Waals surface area contributed by atoms with E-state index < -0.39 is 0 Å². The second-order valence-corrected chi connectivity index (χ2v) is 5.72. The summed E-state index contributed by atoms with van der Waals surface area (Å²) >= 11 is 0. The molecule has 0 aromatic heterocycles. The van der Waals surface area contributed by atoms with Gasteiger partial charge in [0, 0.05) is 18.3 Å². The van der Waals surface area contributed by atoms with Crippen molar-refractivity contribution in [2.75, 3.05) is 31.6 Å². The number of aliphatic hydroxyl groups is 1. The first kappa shape index (κ1) is 17.7. The fourth-order valence-corrected chi connectivity index (χ4v) is 2.38. The second-order valence-electron chi connectivity index (χ2n) is 5.72. The van der Waals surface area contributed by atoms with Gasteiger partial charge in [0.25, 0.3) is 0 Å². The summed E-state index contributed by atoms with van der Waals surface area (Å²) in [5.74, 6) is 0.126. The molecule has 4 heteroatoms. The number of aliphatic hydroxyl groups excluding tert-OH is 1. The van der Waals surface area contributed by atoms with E-state index >= 15 is 0 Å². The number of likely N-dealkylation sites (N-methyl/N-ethyl adjacent to an activating group) is 1. The molecular formula is C17H28N2O2. The lowest BCUT2D eigenvalue weighted by molar-refractivity contribution is -0.119. The first-order valence-corrected chi connectivity index (χ1v) is 7.72. The Hall–Kier alpha value is -1.39. The number of unbranched alkanes of at least 4 members (excludes halogenated alkanes) is 2. The minimum absolute atomic E-state index is 0.126. The van der Waals surface area contributed by atoms with Crippen LogP contribution in [0.2, 0.25) is 0 Å². The Balaban J connectivity index is 2.54. The van der Waals surface area contributed by atoms with Gasteiger partial charge in [-0.1, -0.05) is 18.2 Å². The summed E-state index contributed by atoms with van der Waals surface area (Å²) in [6, 6.07) is 9.95. The van der Waals surface area contributed by atoms with Crippen LogP contribution in [-0.4, -0.2) is 48.7 Å². The fraction of sp³-hybridized carbons (Fsp3) is 0.588. The summed E-state index contributed by atoms with van der Waals surface area (Å²) in [5, 5.41) is 8.76. The highest BCUT2D eigenvalue weighted by molar-refractivity contribution is 5.95. The van der Waals surface area contributed by atoms with Gasteiger partial charge < -0.3 is 10.0 Å². The lowest BCUT2D eigenvalue weighted by atomic mass is 10.2. The summed E-state index contributed by atoms with van der Waals surface area (Å²) in [4.78, 5) is 16.4. The van der Waals surface area contributed by atoms with Crippen molar-refractivity contribution in [1.29, 1.82) is 0 Å². The van der Waals surface area contributed by atoms with E-state index in [2.05, 4.69) is 4.90 Å². The molecule has 21 heavy (non-hydrogen) atoms. The maximum atomic E-state index is 12.5. The number of hydrogen-bond donors (Lipinski definition) is 1. The minimum Gasteiger partial charge on any atom is -0.396 e. The van der Waals surface area contributed by atoms with Crippen molar-refractivity contribution >= 4 is 11.6 Å². The van der Waals surface area contributed by atoms with Crippen LogP contribution in [0.3, 0.4) is 0 Å². The Morgan fingerprint density at radius 1 is 1.14 bits per heavy atom.